The van der Waals surface area contributed by atoms with Crippen LogP contribution in [0, 0.1) is 6.92 Å². The zero-order chi connectivity index (χ0) is 21.1. The molecule has 2 aromatic heterocycles. The van der Waals surface area contributed by atoms with Gasteiger partial charge in [-0.05, 0) is 42.1 Å². The van der Waals surface area contributed by atoms with Gasteiger partial charge < -0.3 is 20.2 Å². The Morgan fingerprint density at radius 2 is 1.87 bits per heavy atom. The molecule has 0 bridgehead atoms. The van der Waals surface area contributed by atoms with Crippen LogP contribution in [0.1, 0.15) is 15.9 Å². The second kappa shape index (κ2) is 8.46. The quantitative estimate of drug-likeness (QED) is 0.687. The number of hydrogen-bond donors (Lipinski definition) is 2. The predicted molar refractivity (Wildman–Crippen MR) is 115 cm³/mol. The molecule has 0 spiro atoms. The number of amides is 2. The number of aryl methyl sites for hydroxylation is 1. The van der Waals surface area contributed by atoms with Crippen LogP contribution in [0.3, 0.4) is 0 Å². The fraction of sp³-hybridized carbons (Fsp3) is 0.273. The molecule has 1 aliphatic rings. The number of anilines is 2. The molecule has 0 atom stereocenters. The Hall–Kier alpha value is -3.52. The van der Waals surface area contributed by atoms with Gasteiger partial charge in [0.15, 0.2) is 0 Å². The van der Waals surface area contributed by atoms with Crippen LogP contribution >= 0.6 is 0 Å². The lowest BCUT2D eigenvalue weighted by atomic mass is 10.1. The van der Waals surface area contributed by atoms with E-state index in [4.69, 9.17) is 5.11 Å². The van der Waals surface area contributed by atoms with Gasteiger partial charge >= 0.3 is 0 Å². The van der Waals surface area contributed by atoms with E-state index < -0.39 is 6.61 Å². The number of aliphatic hydroxyl groups is 1. The molecule has 0 unspecified atom stereocenters. The summed E-state index contributed by atoms with van der Waals surface area (Å²) in [6.45, 7) is 3.80. The molecule has 1 aliphatic heterocycles. The van der Waals surface area contributed by atoms with Crippen LogP contribution in [0.4, 0.5) is 11.6 Å². The SMILES string of the molecule is Cc1ccc(NC(=O)c2ccc3cnccc3c2)nc1N1CCN(C(=O)CO)CC1. The monoisotopic (exact) mass is 405 g/mol. The van der Waals surface area contributed by atoms with E-state index in [1.165, 1.54) is 0 Å². The second-order valence-corrected chi connectivity index (χ2v) is 7.25. The third-order valence-corrected chi connectivity index (χ3v) is 5.28. The van der Waals surface area contributed by atoms with Gasteiger partial charge in [-0.2, -0.15) is 0 Å². The minimum absolute atomic E-state index is 0.227. The first-order valence-electron chi connectivity index (χ1n) is 9.81. The molecule has 8 heteroatoms. The van der Waals surface area contributed by atoms with Crippen LogP contribution in [0.5, 0.6) is 0 Å². The molecule has 30 heavy (non-hydrogen) atoms. The summed E-state index contributed by atoms with van der Waals surface area (Å²) in [7, 11) is 0. The molecule has 0 saturated carbocycles. The third kappa shape index (κ3) is 4.08. The predicted octanol–water partition coefficient (Wildman–Crippen LogP) is 1.83. The number of hydrogen-bond acceptors (Lipinski definition) is 6. The number of aliphatic hydroxyl groups excluding tert-OH is 1. The summed E-state index contributed by atoms with van der Waals surface area (Å²) in [5.74, 6) is 0.777. The van der Waals surface area contributed by atoms with Crippen molar-refractivity contribution in [3.8, 4) is 0 Å². The van der Waals surface area contributed by atoms with Gasteiger partial charge in [0.05, 0.1) is 0 Å². The maximum atomic E-state index is 12.7. The first-order valence-corrected chi connectivity index (χ1v) is 9.81. The molecule has 0 radical (unpaired) electrons. The van der Waals surface area contributed by atoms with Crippen molar-refractivity contribution in [1.82, 2.24) is 14.9 Å². The van der Waals surface area contributed by atoms with Crippen molar-refractivity contribution in [2.24, 2.45) is 0 Å². The average molecular weight is 405 g/mol. The van der Waals surface area contributed by atoms with E-state index in [0.717, 1.165) is 22.2 Å². The van der Waals surface area contributed by atoms with Crippen LogP contribution < -0.4 is 10.2 Å². The lowest BCUT2D eigenvalue weighted by Gasteiger charge is -2.35. The molecule has 8 nitrogen and oxygen atoms in total. The fourth-order valence-corrected chi connectivity index (χ4v) is 3.59. The van der Waals surface area contributed by atoms with Crippen LogP contribution in [-0.2, 0) is 4.79 Å². The maximum Gasteiger partial charge on any atom is 0.256 e. The van der Waals surface area contributed by atoms with E-state index in [2.05, 4.69) is 20.2 Å². The zero-order valence-corrected chi connectivity index (χ0v) is 16.7. The Morgan fingerprint density at radius 3 is 2.63 bits per heavy atom. The largest absolute Gasteiger partial charge is 0.387 e. The molecule has 0 aliphatic carbocycles. The normalized spacial score (nSPS) is 14.1. The Morgan fingerprint density at radius 1 is 1.07 bits per heavy atom. The number of carbonyl (C=O) groups excluding carboxylic acids is 2. The highest BCUT2D eigenvalue weighted by molar-refractivity contribution is 6.06. The smallest absolute Gasteiger partial charge is 0.256 e. The molecule has 1 fully saturated rings. The van der Waals surface area contributed by atoms with Gasteiger partial charge in [-0.3, -0.25) is 14.6 Å². The van der Waals surface area contributed by atoms with Crippen molar-refractivity contribution in [2.45, 2.75) is 6.92 Å². The number of nitrogens with one attached hydrogen (secondary N) is 1. The molecule has 2 N–H and O–H groups in total. The summed E-state index contributed by atoms with van der Waals surface area (Å²) in [5.41, 5.74) is 1.54. The van der Waals surface area contributed by atoms with Crippen molar-refractivity contribution < 1.29 is 14.7 Å². The molecule has 154 valence electrons. The third-order valence-electron chi connectivity index (χ3n) is 5.28. The fourth-order valence-electron chi connectivity index (χ4n) is 3.59. The molecular weight excluding hydrogens is 382 g/mol. The van der Waals surface area contributed by atoms with E-state index in [-0.39, 0.29) is 11.8 Å². The van der Waals surface area contributed by atoms with Gasteiger partial charge in [0.2, 0.25) is 5.91 Å². The number of nitrogens with zero attached hydrogens (tertiary/aromatic N) is 4. The molecule has 1 aromatic carbocycles. The molecular formula is C22H23N5O3. The van der Waals surface area contributed by atoms with Crippen LogP contribution in [0.15, 0.2) is 48.8 Å². The van der Waals surface area contributed by atoms with E-state index in [1.54, 1.807) is 29.4 Å². The number of benzene rings is 1. The van der Waals surface area contributed by atoms with Gasteiger partial charge in [0, 0.05) is 49.5 Å². The lowest BCUT2D eigenvalue weighted by molar-refractivity contribution is -0.134. The minimum atomic E-state index is -0.468. The van der Waals surface area contributed by atoms with Crippen LogP contribution in [0.2, 0.25) is 0 Å². The summed E-state index contributed by atoms with van der Waals surface area (Å²) < 4.78 is 0. The van der Waals surface area contributed by atoms with Crippen LogP contribution in [0.25, 0.3) is 10.8 Å². The van der Waals surface area contributed by atoms with Crippen molar-refractivity contribution in [3.05, 3.63) is 59.9 Å². The van der Waals surface area contributed by atoms with E-state index in [9.17, 15) is 9.59 Å². The number of carbonyl (C=O) groups is 2. The standard InChI is InChI=1S/C22H23N5O3/c1-15-2-5-19(24-21(15)27-10-8-26(9-11-27)20(29)14-28)25-22(30)17-3-4-18-13-23-7-6-16(18)12-17/h2-7,12-13,28H,8-11,14H2,1H3,(H,24,25,30). The van der Waals surface area contributed by atoms with Gasteiger partial charge in [-0.1, -0.05) is 12.1 Å². The topological polar surface area (TPSA) is 98.7 Å². The number of pyridine rings is 2. The number of piperazine rings is 1. The number of fused-ring (bicyclic) bond motifs is 1. The van der Waals surface area contributed by atoms with Crippen molar-refractivity contribution in [1.29, 1.82) is 0 Å². The Labute approximate surface area is 174 Å². The summed E-state index contributed by atoms with van der Waals surface area (Å²) in [4.78, 5) is 36.9. The summed E-state index contributed by atoms with van der Waals surface area (Å²) >= 11 is 0. The zero-order valence-electron chi connectivity index (χ0n) is 16.7. The van der Waals surface area contributed by atoms with Crippen molar-refractivity contribution in [2.75, 3.05) is 43.0 Å². The molecule has 3 heterocycles. The van der Waals surface area contributed by atoms with Crippen molar-refractivity contribution in [3.63, 3.8) is 0 Å². The van der Waals surface area contributed by atoms with Crippen molar-refractivity contribution >= 4 is 34.2 Å². The highest BCUT2D eigenvalue weighted by atomic mass is 16.3. The summed E-state index contributed by atoms with van der Waals surface area (Å²) in [6.07, 6.45) is 3.46. The van der Waals surface area contributed by atoms with Gasteiger partial charge in [-0.25, -0.2) is 4.98 Å². The van der Waals surface area contributed by atoms with E-state index >= 15 is 0 Å². The van der Waals surface area contributed by atoms with Crippen LogP contribution in [-0.4, -0.2) is 64.6 Å². The van der Waals surface area contributed by atoms with Gasteiger partial charge in [-0.15, -0.1) is 0 Å². The Balaban J connectivity index is 1.49. The molecule has 4 rings (SSSR count). The Kier molecular flexibility index (Phi) is 5.58. The average Bonchev–Trinajstić information content (AvgIpc) is 2.79. The number of rotatable bonds is 4. The first-order chi connectivity index (χ1) is 14.5. The summed E-state index contributed by atoms with van der Waals surface area (Å²) in [5, 5.41) is 13.8. The maximum absolute atomic E-state index is 12.7. The molecule has 2 amide bonds. The highest BCUT2D eigenvalue weighted by Crippen LogP contribution is 2.22. The second-order valence-electron chi connectivity index (χ2n) is 7.25. The summed E-state index contributed by atoms with van der Waals surface area (Å²) in [6, 6.07) is 11.1. The number of aromatic nitrogens is 2. The lowest BCUT2D eigenvalue weighted by Crippen LogP contribution is -2.50. The van der Waals surface area contributed by atoms with E-state index in [1.807, 2.05) is 31.2 Å². The molecule has 1 saturated heterocycles. The highest BCUT2D eigenvalue weighted by Gasteiger charge is 2.22. The molecule has 3 aromatic rings. The van der Waals surface area contributed by atoms with Gasteiger partial charge in [0.1, 0.15) is 18.2 Å². The van der Waals surface area contributed by atoms with Gasteiger partial charge in [0.25, 0.3) is 5.91 Å². The van der Waals surface area contributed by atoms with E-state index in [0.29, 0.717) is 37.6 Å². The Bertz CT molecular complexity index is 1090. The minimum Gasteiger partial charge on any atom is -0.387 e. The first kappa shape index (κ1) is 19.8.